The average molecular weight is 212 g/mol. The Balaban J connectivity index is 2.34. The minimum atomic E-state index is -0.133. The number of aromatic nitrogens is 2. The molecule has 0 saturated carbocycles. The van der Waals surface area contributed by atoms with E-state index < -0.39 is 0 Å². The third kappa shape index (κ3) is 1.32. The zero-order valence-corrected chi connectivity index (χ0v) is 8.31. The molecule has 0 aliphatic heterocycles. The van der Waals surface area contributed by atoms with Crippen LogP contribution in [-0.4, -0.2) is 9.97 Å². The van der Waals surface area contributed by atoms with Crippen molar-refractivity contribution in [1.29, 1.82) is 0 Å². The molecule has 0 aliphatic carbocycles. The Bertz CT molecular complexity index is 684. The molecule has 0 amide bonds. The Morgan fingerprint density at radius 3 is 2.94 bits per heavy atom. The van der Waals surface area contributed by atoms with Crippen LogP contribution in [0.2, 0.25) is 0 Å². The van der Waals surface area contributed by atoms with E-state index >= 15 is 0 Å². The highest BCUT2D eigenvalue weighted by Gasteiger charge is 2.06. The molecule has 0 aliphatic rings. The van der Waals surface area contributed by atoms with E-state index in [9.17, 15) is 4.79 Å². The fraction of sp³-hybridized carbons (Fsp3) is 0. The van der Waals surface area contributed by atoms with Gasteiger partial charge in [-0.2, -0.15) is 0 Å². The van der Waals surface area contributed by atoms with Gasteiger partial charge in [-0.05, 0) is 17.5 Å². The molecule has 16 heavy (non-hydrogen) atoms. The molecule has 0 unspecified atom stereocenters. The summed E-state index contributed by atoms with van der Waals surface area (Å²) in [4.78, 5) is 18.5. The second kappa shape index (κ2) is 3.34. The summed E-state index contributed by atoms with van der Waals surface area (Å²) >= 11 is 0. The van der Waals surface area contributed by atoms with Gasteiger partial charge in [0.05, 0.1) is 6.20 Å². The lowest BCUT2D eigenvalue weighted by atomic mass is 10.1. The minimum absolute atomic E-state index is 0.133. The number of pyridine rings is 1. The highest BCUT2D eigenvalue weighted by atomic mass is 16.3. The maximum Gasteiger partial charge on any atom is 0.256 e. The van der Waals surface area contributed by atoms with Crippen molar-refractivity contribution in [2.75, 3.05) is 0 Å². The van der Waals surface area contributed by atoms with Gasteiger partial charge in [-0.3, -0.25) is 4.79 Å². The first kappa shape index (κ1) is 8.91. The number of hydrogen-bond acceptors (Lipinski definition) is 3. The average Bonchev–Trinajstić information content (AvgIpc) is 2.82. The zero-order valence-electron chi connectivity index (χ0n) is 8.31. The smallest absolute Gasteiger partial charge is 0.256 e. The first-order valence-electron chi connectivity index (χ1n) is 4.86. The predicted octanol–water partition coefficient (Wildman–Crippen LogP) is 2.18. The van der Waals surface area contributed by atoms with Crippen molar-refractivity contribution in [1.82, 2.24) is 9.97 Å². The molecule has 1 aromatic carbocycles. The van der Waals surface area contributed by atoms with E-state index in [2.05, 4.69) is 9.97 Å². The van der Waals surface area contributed by atoms with Gasteiger partial charge in [-0.1, -0.05) is 18.2 Å². The molecule has 3 aromatic rings. The molecule has 4 heteroatoms. The van der Waals surface area contributed by atoms with Gasteiger partial charge >= 0.3 is 0 Å². The maximum atomic E-state index is 11.8. The van der Waals surface area contributed by atoms with Gasteiger partial charge in [0.2, 0.25) is 5.89 Å². The molecule has 2 heterocycles. The first-order valence-corrected chi connectivity index (χ1v) is 4.86. The van der Waals surface area contributed by atoms with Gasteiger partial charge < -0.3 is 9.40 Å². The maximum absolute atomic E-state index is 11.8. The van der Waals surface area contributed by atoms with E-state index in [1.807, 2.05) is 24.3 Å². The number of H-pyrrole nitrogens is 1. The number of oxazole rings is 1. The monoisotopic (exact) mass is 212 g/mol. The molecule has 0 atom stereocenters. The van der Waals surface area contributed by atoms with E-state index in [0.29, 0.717) is 17.0 Å². The Hall–Kier alpha value is -2.36. The molecule has 3 rings (SSSR count). The largest absolute Gasteiger partial charge is 0.443 e. The number of hydrogen-bond donors (Lipinski definition) is 1. The SMILES string of the molecule is O=c1[nH]c(-c2ncco2)cc2ccccc12. The summed E-state index contributed by atoms with van der Waals surface area (Å²) in [5.41, 5.74) is 0.458. The standard InChI is InChI=1S/C12H8N2O2/c15-11-9-4-2-1-3-8(9)7-10(14-11)12-13-5-6-16-12/h1-7H,(H,14,15). The summed E-state index contributed by atoms with van der Waals surface area (Å²) in [6.45, 7) is 0. The Morgan fingerprint density at radius 1 is 1.25 bits per heavy atom. The molecule has 0 radical (unpaired) electrons. The Morgan fingerprint density at radius 2 is 2.12 bits per heavy atom. The van der Waals surface area contributed by atoms with Crippen LogP contribution in [0.3, 0.4) is 0 Å². The molecule has 0 bridgehead atoms. The highest BCUT2D eigenvalue weighted by molar-refractivity contribution is 5.84. The van der Waals surface area contributed by atoms with Crippen molar-refractivity contribution in [2.24, 2.45) is 0 Å². The van der Waals surface area contributed by atoms with Crippen LogP contribution in [0, 0.1) is 0 Å². The van der Waals surface area contributed by atoms with Crippen LogP contribution >= 0.6 is 0 Å². The Labute approximate surface area is 90.6 Å². The van der Waals surface area contributed by atoms with Crippen LogP contribution < -0.4 is 5.56 Å². The van der Waals surface area contributed by atoms with Crippen molar-refractivity contribution < 1.29 is 4.42 Å². The number of fused-ring (bicyclic) bond motifs is 1. The number of nitrogens with one attached hydrogen (secondary N) is 1. The fourth-order valence-electron chi connectivity index (χ4n) is 1.68. The van der Waals surface area contributed by atoms with Crippen molar-refractivity contribution in [3.05, 3.63) is 53.1 Å². The molecule has 4 nitrogen and oxygen atoms in total. The van der Waals surface area contributed by atoms with Gasteiger partial charge in [-0.15, -0.1) is 0 Å². The molecule has 1 N–H and O–H groups in total. The lowest BCUT2D eigenvalue weighted by molar-refractivity contribution is 0.572. The van der Waals surface area contributed by atoms with Crippen LogP contribution in [0.25, 0.3) is 22.4 Å². The number of benzene rings is 1. The van der Waals surface area contributed by atoms with E-state index in [1.165, 1.54) is 6.26 Å². The molecule has 2 aromatic heterocycles. The van der Waals surface area contributed by atoms with Gasteiger partial charge in [0.15, 0.2) is 0 Å². The van der Waals surface area contributed by atoms with E-state index in [-0.39, 0.29) is 5.56 Å². The molecule has 0 spiro atoms. The zero-order chi connectivity index (χ0) is 11.0. The molecular weight excluding hydrogens is 204 g/mol. The number of aromatic amines is 1. The summed E-state index contributed by atoms with van der Waals surface area (Å²) in [5, 5.41) is 1.54. The summed E-state index contributed by atoms with van der Waals surface area (Å²) in [5.74, 6) is 0.419. The third-order valence-corrected chi connectivity index (χ3v) is 2.42. The van der Waals surface area contributed by atoms with E-state index in [0.717, 1.165) is 5.39 Å². The summed E-state index contributed by atoms with van der Waals surface area (Å²) in [6.07, 6.45) is 3.02. The lowest BCUT2D eigenvalue weighted by Gasteiger charge is -1.99. The number of nitrogens with zero attached hydrogens (tertiary/aromatic N) is 1. The second-order valence-corrected chi connectivity index (χ2v) is 3.44. The van der Waals surface area contributed by atoms with Crippen molar-refractivity contribution in [3.8, 4) is 11.6 Å². The first-order chi connectivity index (χ1) is 7.84. The summed E-state index contributed by atoms with van der Waals surface area (Å²) < 4.78 is 5.14. The third-order valence-electron chi connectivity index (χ3n) is 2.42. The van der Waals surface area contributed by atoms with Gasteiger partial charge in [0.1, 0.15) is 12.0 Å². The Kier molecular flexibility index (Phi) is 1.86. The topological polar surface area (TPSA) is 58.9 Å². The summed E-state index contributed by atoms with van der Waals surface area (Å²) in [6, 6.07) is 9.25. The normalized spacial score (nSPS) is 10.8. The number of rotatable bonds is 1. The van der Waals surface area contributed by atoms with Crippen LogP contribution in [0.15, 0.2) is 52.0 Å². The van der Waals surface area contributed by atoms with E-state index in [1.54, 1.807) is 12.3 Å². The van der Waals surface area contributed by atoms with Crippen molar-refractivity contribution in [2.45, 2.75) is 0 Å². The second-order valence-electron chi connectivity index (χ2n) is 3.44. The van der Waals surface area contributed by atoms with E-state index in [4.69, 9.17) is 4.42 Å². The van der Waals surface area contributed by atoms with Gasteiger partial charge in [0, 0.05) is 5.39 Å². The molecule has 0 fully saturated rings. The lowest BCUT2D eigenvalue weighted by Crippen LogP contribution is -2.06. The van der Waals surface area contributed by atoms with Crippen LogP contribution in [-0.2, 0) is 0 Å². The van der Waals surface area contributed by atoms with Crippen LogP contribution in [0.5, 0.6) is 0 Å². The van der Waals surface area contributed by atoms with Crippen LogP contribution in [0.1, 0.15) is 0 Å². The molecule has 78 valence electrons. The summed E-state index contributed by atoms with van der Waals surface area (Å²) in [7, 11) is 0. The van der Waals surface area contributed by atoms with Gasteiger partial charge in [0.25, 0.3) is 5.56 Å². The quantitative estimate of drug-likeness (QED) is 0.672. The van der Waals surface area contributed by atoms with Crippen LogP contribution in [0.4, 0.5) is 0 Å². The van der Waals surface area contributed by atoms with Gasteiger partial charge in [-0.25, -0.2) is 4.98 Å². The van der Waals surface area contributed by atoms with Crippen molar-refractivity contribution in [3.63, 3.8) is 0 Å². The minimum Gasteiger partial charge on any atom is -0.443 e. The highest BCUT2D eigenvalue weighted by Crippen LogP contribution is 2.17. The fourth-order valence-corrected chi connectivity index (χ4v) is 1.68. The van der Waals surface area contributed by atoms with Crippen molar-refractivity contribution >= 4 is 10.8 Å². The molecule has 0 saturated heterocycles. The predicted molar refractivity (Wildman–Crippen MR) is 60.1 cm³/mol. The molecular formula is C12H8N2O2.